The van der Waals surface area contributed by atoms with E-state index in [1.165, 1.54) is 0 Å². The van der Waals surface area contributed by atoms with Gasteiger partial charge in [0.05, 0.1) is 13.1 Å². The monoisotopic (exact) mass is 361 g/mol. The van der Waals surface area contributed by atoms with Crippen molar-refractivity contribution in [1.82, 2.24) is 15.5 Å². The fraction of sp³-hybridized carbons (Fsp3) is 0.600. The molecule has 144 valence electrons. The summed E-state index contributed by atoms with van der Waals surface area (Å²) in [6.45, 7) is 7.71. The lowest BCUT2D eigenvalue weighted by Gasteiger charge is -2.30. The quantitative estimate of drug-likeness (QED) is 0.657. The molecule has 0 saturated carbocycles. The van der Waals surface area contributed by atoms with E-state index in [0.29, 0.717) is 19.7 Å². The number of likely N-dealkylation sites (tertiary alicyclic amines) is 1. The molecule has 0 aromatic heterocycles. The maximum atomic E-state index is 12.0. The van der Waals surface area contributed by atoms with Crippen molar-refractivity contribution in [3.8, 4) is 5.75 Å². The third kappa shape index (κ3) is 7.04. The highest BCUT2D eigenvalue weighted by molar-refractivity contribution is 5.79. The topological polar surface area (TPSA) is 70.7 Å². The van der Waals surface area contributed by atoms with Crippen LogP contribution in [0.15, 0.2) is 24.3 Å². The summed E-state index contributed by atoms with van der Waals surface area (Å²) in [5, 5.41) is 5.85. The second kappa shape index (κ2) is 10.8. The standard InChI is InChI=1S/C20H31N3O3/c1-3-9-22-20(25)17-7-11-23(12-8-17)15-19(24)21-10-13-26-18-6-4-5-16(2)14-18/h4-6,14,17H,3,7-13,15H2,1-2H3,(H,21,24)(H,22,25). The molecule has 0 aliphatic carbocycles. The molecule has 1 fully saturated rings. The van der Waals surface area contributed by atoms with E-state index in [-0.39, 0.29) is 17.7 Å². The van der Waals surface area contributed by atoms with E-state index >= 15 is 0 Å². The first-order valence-corrected chi connectivity index (χ1v) is 9.54. The van der Waals surface area contributed by atoms with Crippen LogP contribution in [0.3, 0.4) is 0 Å². The van der Waals surface area contributed by atoms with E-state index in [9.17, 15) is 9.59 Å². The molecule has 2 amide bonds. The number of amides is 2. The molecule has 1 saturated heterocycles. The van der Waals surface area contributed by atoms with Crippen LogP contribution < -0.4 is 15.4 Å². The van der Waals surface area contributed by atoms with Crippen molar-refractivity contribution in [3.63, 3.8) is 0 Å². The minimum atomic E-state index is 0.00623. The predicted molar refractivity (Wildman–Crippen MR) is 102 cm³/mol. The van der Waals surface area contributed by atoms with Gasteiger partial charge in [-0.05, 0) is 57.0 Å². The summed E-state index contributed by atoms with van der Waals surface area (Å²) in [4.78, 5) is 26.1. The normalized spacial score (nSPS) is 15.5. The van der Waals surface area contributed by atoms with Crippen molar-refractivity contribution < 1.29 is 14.3 Å². The molecule has 6 nitrogen and oxygen atoms in total. The van der Waals surface area contributed by atoms with Crippen LogP contribution in [0, 0.1) is 12.8 Å². The first kappa shape index (κ1) is 20.2. The molecule has 6 heteroatoms. The van der Waals surface area contributed by atoms with Crippen LogP contribution in [0.1, 0.15) is 31.7 Å². The highest BCUT2D eigenvalue weighted by Gasteiger charge is 2.25. The van der Waals surface area contributed by atoms with Crippen LogP contribution >= 0.6 is 0 Å². The van der Waals surface area contributed by atoms with Gasteiger partial charge in [0, 0.05) is 12.5 Å². The molecule has 1 aliphatic rings. The number of rotatable bonds is 9. The number of carbonyl (C=O) groups excluding carboxylic acids is 2. The first-order chi connectivity index (χ1) is 12.6. The number of hydrogen-bond donors (Lipinski definition) is 2. The van der Waals surface area contributed by atoms with Gasteiger partial charge in [0.1, 0.15) is 12.4 Å². The summed E-state index contributed by atoms with van der Waals surface area (Å²) in [5.74, 6) is 1.07. The van der Waals surface area contributed by atoms with Crippen molar-refractivity contribution in [2.75, 3.05) is 39.3 Å². The van der Waals surface area contributed by atoms with Crippen molar-refractivity contribution >= 4 is 11.8 Å². The molecule has 1 heterocycles. The molecule has 1 aliphatic heterocycles. The van der Waals surface area contributed by atoms with Gasteiger partial charge in [0.15, 0.2) is 0 Å². The molecular formula is C20H31N3O3. The van der Waals surface area contributed by atoms with Gasteiger partial charge in [0.25, 0.3) is 0 Å². The summed E-state index contributed by atoms with van der Waals surface area (Å²) in [6.07, 6.45) is 2.59. The Morgan fingerprint density at radius 2 is 1.96 bits per heavy atom. The van der Waals surface area contributed by atoms with E-state index in [1.54, 1.807) is 0 Å². The van der Waals surface area contributed by atoms with E-state index in [2.05, 4.69) is 15.5 Å². The van der Waals surface area contributed by atoms with E-state index < -0.39 is 0 Å². The predicted octanol–water partition coefficient (Wildman–Crippen LogP) is 1.73. The minimum Gasteiger partial charge on any atom is -0.492 e. The highest BCUT2D eigenvalue weighted by Crippen LogP contribution is 2.17. The highest BCUT2D eigenvalue weighted by atomic mass is 16.5. The molecule has 2 N–H and O–H groups in total. The summed E-state index contributed by atoms with van der Waals surface area (Å²) in [6, 6.07) is 7.86. The van der Waals surface area contributed by atoms with Crippen LogP contribution in [-0.4, -0.2) is 56.0 Å². The second-order valence-corrected chi connectivity index (χ2v) is 6.86. The summed E-state index contributed by atoms with van der Waals surface area (Å²) >= 11 is 0. The van der Waals surface area contributed by atoms with E-state index in [1.807, 2.05) is 38.1 Å². The van der Waals surface area contributed by atoms with Crippen LogP contribution in [0.25, 0.3) is 0 Å². The Bertz CT molecular complexity index is 583. The zero-order valence-electron chi connectivity index (χ0n) is 15.9. The fourth-order valence-electron chi connectivity index (χ4n) is 3.07. The summed E-state index contributed by atoms with van der Waals surface area (Å²) in [7, 11) is 0. The average molecular weight is 361 g/mol. The average Bonchev–Trinajstić information content (AvgIpc) is 2.64. The number of nitrogens with one attached hydrogen (secondary N) is 2. The third-order valence-corrected chi connectivity index (χ3v) is 4.56. The number of benzene rings is 1. The van der Waals surface area contributed by atoms with Crippen molar-refractivity contribution in [1.29, 1.82) is 0 Å². The fourth-order valence-corrected chi connectivity index (χ4v) is 3.07. The number of aryl methyl sites for hydroxylation is 1. The van der Waals surface area contributed by atoms with Crippen LogP contribution in [0.2, 0.25) is 0 Å². The lowest BCUT2D eigenvalue weighted by Crippen LogP contribution is -2.45. The Kier molecular flexibility index (Phi) is 8.41. The second-order valence-electron chi connectivity index (χ2n) is 6.86. The zero-order valence-corrected chi connectivity index (χ0v) is 15.9. The molecule has 26 heavy (non-hydrogen) atoms. The Hall–Kier alpha value is -2.08. The maximum absolute atomic E-state index is 12.0. The zero-order chi connectivity index (χ0) is 18.8. The molecule has 0 unspecified atom stereocenters. The van der Waals surface area contributed by atoms with Gasteiger partial charge in [-0.25, -0.2) is 0 Å². The molecule has 0 radical (unpaired) electrons. The van der Waals surface area contributed by atoms with Gasteiger partial charge >= 0.3 is 0 Å². The number of carbonyl (C=O) groups is 2. The largest absolute Gasteiger partial charge is 0.492 e. The SMILES string of the molecule is CCCNC(=O)C1CCN(CC(=O)NCCOc2cccc(C)c2)CC1. The van der Waals surface area contributed by atoms with Crippen LogP contribution in [0.5, 0.6) is 5.75 Å². The number of hydrogen-bond acceptors (Lipinski definition) is 4. The Labute approximate surface area is 156 Å². The summed E-state index contributed by atoms with van der Waals surface area (Å²) < 4.78 is 5.63. The molecule has 0 atom stereocenters. The molecule has 1 aromatic rings. The minimum absolute atomic E-state index is 0.00623. The Balaban J connectivity index is 1.58. The Morgan fingerprint density at radius 1 is 1.19 bits per heavy atom. The smallest absolute Gasteiger partial charge is 0.234 e. The molecular weight excluding hydrogens is 330 g/mol. The van der Waals surface area contributed by atoms with E-state index in [0.717, 1.165) is 50.2 Å². The molecule has 0 spiro atoms. The van der Waals surface area contributed by atoms with Gasteiger partial charge < -0.3 is 15.4 Å². The number of ether oxygens (including phenoxy) is 1. The van der Waals surface area contributed by atoms with Gasteiger partial charge in [-0.1, -0.05) is 19.1 Å². The van der Waals surface area contributed by atoms with Gasteiger partial charge in [-0.3, -0.25) is 14.5 Å². The van der Waals surface area contributed by atoms with Crippen molar-refractivity contribution in [2.45, 2.75) is 33.1 Å². The van der Waals surface area contributed by atoms with Gasteiger partial charge in [-0.15, -0.1) is 0 Å². The number of nitrogens with zero attached hydrogens (tertiary/aromatic N) is 1. The van der Waals surface area contributed by atoms with Crippen LogP contribution in [0.4, 0.5) is 0 Å². The maximum Gasteiger partial charge on any atom is 0.234 e. The van der Waals surface area contributed by atoms with Crippen molar-refractivity contribution in [3.05, 3.63) is 29.8 Å². The summed E-state index contributed by atoms with van der Waals surface area (Å²) in [5.41, 5.74) is 1.15. The lowest BCUT2D eigenvalue weighted by atomic mass is 9.96. The van der Waals surface area contributed by atoms with Crippen molar-refractivity contribution in [2.24, 2.45) is 5.92 Å². The Morgan fingerprint density at radius 3 is 2.65 bits per heavy atom. The molecule has 1 aromatic carbocycles. The lowest BCUT2D eigenvalue weighted by molar-refractivity contribution is -0.126. The van der Waals surface area contributed by atoms with Crippen LogP contribution in [-0.2, 0) is 9.59 Å². The third-order valence-electron chi connectivity index (χ3n) is 4.56. The van der Waals surface area contributed by atoms with Gasteiger partial charge in [0.2, 0.25) is 11.8 Å². The van der Waals surface area contributed by atoms with E-state index in [4.69, 9.17) is 4.74 Å². The first-order valence-electron chi connectivity index (χ1n) is 9.54. The molecule has 2 rings (SSSR count). The number of piperidine rings is 1. The molecule has 0 bridgehead atoms. The van der Waals surface area contributed by atoms with Gasteiger partial charge in [-0.2, -0.15) is 0 Å².